The molecule has 1 aliphatic carbocycles. The number of aliphatic hydroxyl groups is 1. The highest BCUT2D eigenvalue weighted by molar-refractivity contribution is 4.78. The normalized spacial score (nSPS) is 21.9. The topological polar surface area (TPSA) is 32.3 Å². The first-order valence-corrected chi connectivity index (χ1v) is 4.79. The summed E-state index contributed by atoms with van der Waals surface area (Å²) in [7, 11) is 0. The van der Waals surface area contributed by atoms with Gasteiger partial charge in [-0.05, 0) is 19.3 Å². The molecule has 2 atom stereocenters. The van der Waals surface area contributed by atoms with Gasteiger partial charge in [0.2, 0.25) is 0 Å². The van der Waals surface area contributed by atoms with Crippen LogP contribution in [0.3, 0.4) is 0 Å². The van der Waals surface area contributed by atoms with Crippen molar-refractivity contribution in [1.82, 2.24) is 5.32 Å². The van der Waals surface area contributed by atoms with Crippen molar-refractivity contribution < 1.29 is 13.9 Å². The van der Waals surface area contributed by atoms with Crippen LogP contribution >= 0.6 is 0 Å². The minimum atomic E-state index is -2.64. The second-order valence-electron chi connectivity index (χ2n) is 3.89. The van der Waals surface area contributed by atoms with Crippen LogP contribution in [-0.4, -0.2) is 30.2 Å². The van der Waals surface area contributed by atoms with Gasteiger partial charge in [0.15, 0.2) is 0 Å². The molecular formula is C9H17F2NO. The molecule has 2 N–H and O–H groups in total. The van der Waals surface area contributed by atoms with Crippen molar-refractivity contribution in [2.45, 2.75) is 44.8 Å². The van der Waals surface area contributed by atoms with Crippen LogP contribution < -0.4 is 5.32 Å². The van der Waals surface area contributed by atoms with Crippen molar-refractivity contribution >= 4 is 0 Å². The quantitative estimate of drug-likeness (QED) is 0.668. The predicted molar refractivity (Wildman–Crippen MR) is 46.8 cm³/mol. The van der Waals surface area contributed by atoms with Crippen LogP contribution in [0.5, 0.6) is 0 Å². The number of hydrogen-bond acceptors (Lipinski definition) is 2. The molecule has 0 aromatic heterocycles. The number of nitrogens with one attached hydrogen (secondary N) is 1. The van der Waals surface area contributed by atoms with E-state index in [1.165, 1.54) is 12.8 Å². The van der Waals surface area contributed by atoms with Crippen molar-refractivity contribution in [2.75, 3.05) is 6.54 Å². The van der Waals surface area contributed by atoms with Crippen molar-refractivity contribution in [3.63, 3.8) is 0 Å². The van der Waals surface area contributed by atoms with E-state index in [0.29, 0.717) is 0 Å². The van der Waals surface area contributed by atoms with Crippen molar-refractivity contribution in [3.05, 3.63) is 0 Å². The summed E-state index contributed by atoms with van der Waals surface area (Å²) < 4.78 is 23.7. The maximum Gasteiger partial charge on any atom is 0.265 e. The zero-order chi connectivity index (χ0) is 9.84. The van der Waals surface area contributed by atoms with E-state index in [9.17, 15) is 8.78 Å². The second kappa shape index (κ2) is 4.86. The zero-order valence-electron chi connectivity index (χ0n) is 7.84. The van der Waals surface area contributed by atoms with Gasteiger partial charge >= 0.3 is 0 Å². The summed E-state index contributed by atoms with van der Waals surface area (Å²) in [5.74, 6) is 0.784. The van der Waals surface area contributed by atoms with Gasteiger partial charge in [0, 0.05) is 12.6 Å². The first-order chi connectivity index (χ1) is 6.09. The van der Waals surface area contributed by atoms with Crippen LogP contribution in [0.2, 0.25) is 0 Å². The van der Waals surface area contributed by atoms with Crippen LogP contribution in [0.15, 0.2) is 0 Å². The minimum Gasteiger partial charge on any atom is -0.386 e. The molecule has 1 aliphatic rings. The molecular weight excluding hydrogens is 176 g/mol. The molecule has 0 aromatic rings. The molecule has 0 amide bonds. The maximum absolute atomic E-state index is 11.9. The number of hydrogen-bond donors (Lipinski definition) is 2. The SMILES string of the molecule is CC(CC1CC1)NCC(O)C(F)F. The van der Waals surface area contributed by atoms with Crippen molar-refractivity contribution in [1.29, 1.82) is 0 Å². The van der Waals surface area contributed by atoms with E-state index in [4.69, 9.17) is 5.11 Å². The lowest BCUT2D eigenvalue weighted by atomic mass is 10.1. The maximum atomic E-state index is 11.9. The van der Waals surface area contributed by atoms with Gasteiger partial charge < -0.3 is 10.4 Å². The fourth-order valence-corrected chi connectivity index (χ4v) is 1.35. The van der Waals surface area contributed by atoms with Gasteiger partial charge in [-0.3, -0.25) is 0 Å². The predicted octanol–water partition coefficient (Wildman–Crippen LogP) is 1.39. The van der Waals surface area contributed by atoms with E-state index in [2.05, 4.69) is 5.32 Å². The Hall–Kier alpha value is -0.220. The highest BCUT2D eigenvalue weighted by Crippen LogP contribution is 2.33. The Bertz CT molecular complexity index is 151. The molecule has 2 unspecified atom stereocenters. The molecule has 1 rings (SSSR count). The monoisotopic (exact) mass is 193 g/mol. The van der Waals surface area contributed by atoms with E-state index in [-0.39, 0.29) is 12.6 Å². The summed E-state index contributed by atoms with van der Waals surface area (Å²) in [5, 5.41) is 11.7. The Morgan fingerprint density at radius 3 is 2.54 bits per heavy atom. The van der Waals surface area contributed by atoms with Crippen LogP contribution in [0.1, 0.15) is 26.2 Å². The average molecular weight is 193 g/mol. The highest BCUT2D eigenvalue weighted by atomic mass is 19.3. The Kier molecular flexibility index (Phi) is 4.06. The molecule has 0 radical (unpaired) electrons. The Labute approximate surface area is 77.3 Å². The van der Waals surface area contributed by atoms with Gasteiger partial charge in [-0.15, -0.1) is 0 Å². The van der Waals surface area contributed by atoms with E-state index in [1.807, 2.05) is 6.92 Å². The Balaban J connectivity index is 2.02. The molecule has 0 saturated heterocycles. The molecule has 4 heteroatoms. The number of halogens is 2. The van der Waals surface area contributed by atoms with Gasteiger partial charge in [-0.1, -0.05) is 12.8 Å². The van der Waals surface area contributed by atoms with E-state index in [1.54, 1.807) is 0 Å². The number of alkyl halides is 2. The fourth-order valence-electron chi connectivity index (χ4n) is 1.35. The minimum absolute atomic E-state index is 0.00838. The van der Waals surface area contributed by atoms with Gasteiger partial charge in [0.05, 0.1) is 0 Å². The molecule has 0 heterocycles. The molecule has 0 aliphatic heterocycles. The zero-order valence-corrected chi connectivity index (χ0v) is 7.84. The third-order valence-corrected chi connectivity index (χ3v) is 2.35. The second-order valence-corrected chi connectivity index (χ2v) is 3.89. The first kappa shape index (κ1) is 10.9. The van der Waals surface area contributed by atoms with Crippen LogP contribution in [0, 0.1) is 5.92 Å². The summed E-state index contributed by atoms with van der Waals surface area (Å²) >= 11 is 0. The third-order valence-electron chi connectivity index (χ3n) is 2.35. The van der Waals surface area contributed by atoms with Gasteiger partial charge in [-0.25, -0.2) is 8.78 Å². The smallest absolute Gasteiger partial charge is 0.265 e. The Morgan fingerprint density at radius 1 is 1.46 bits per heavy atom. The largest absolute Gasteiger partial charge is 0.386 e. The summed E-state index contributed by atoms with van der Waals surface area (Å²) in [6.07, 6.45) is -0.592. The molecule has 13 heavy (non-hydrogen) atoms. The first-order valence-electron chi connectivity index (χ1n) is 4.79. The Morgan fingerprint density at radius 2 is 2.08 bits per heavy atom. The lowest BCUT2D eigenvalue weighted by Gasteiger charge is -2.16. The average Bonchev–Trinajstić information content (AvgIpc) is 2.83. The summed E-state index contributed by atoms with van der Waals surface area (Å²) in [4.78, 5) is 0. The summed E-state index contributed by atoms with van der Waals surface area (Å²) in [6, 6.07) is 0.237. The van der Waals surface area contributed by atoms with Gasteiger partial charge in [0.25, 0.3) is 6.43 Å². The lowest BCUT2D eigenvalue weighted by molar-refractivity contribution is -0.00452. The van der Waals surface area contributed by atoms with Crippen LogP contribution in [0.4, 0.5) is 8.78 Å². The molecule has 1 fully saturated rings. The molecule has 0 aromatic carbocycles. The van der Waals surface area contributed by atoms with Crippen LogP contribution in [-0.2, 0) is 0 Å². The van der Waals surface area contributed by atoms with E-state index in [0.717, 1.165) is 12.3 Å². The summed E-state index contributed by atoms with van der Waals surface area (Å²) in [5.41, 5.74) is 0. The standard InChI is InChI=1S/C9H17F2NO/c1-6(4-7-2-3-7)12-5-8(13)9(10)11/h6-9,12-13H,2-5H2,1H3. The van der Waals surface area contributed by atoms with Crippen molar-refractivity contribution in [2.24, 2.45) is 5.92 Å². The fraction of sp³-hybridized carbons (Fsp3) is 1.00. The lowest BCUT2D eigenvalue weighted by Crippen LogP contribution is -2.37. The molecule has 2 nitrogen and oxygen atoms in total. The molecule has 78 valence electrons. The van der Waals surface area contributed by atoms with Gasteiger partial charge in [0.1, 0.15) is 6.10 Å². The molecule has 1 saturated carbocycles. The molecule has 0 bridgehead atoms. The number of aliphatic hydroxyl groups excluding tert-OH is 1. The molecule has 0 spiro atoms. The van der Waals surface area contributed by atoms with Crippen molar-refractivity contribution in [3.8, 4) is 0 Å². The van der Waals surface area contributed by atoms with Gasteiger partial charge in [-0.2, -0.15) is 0 Å². The van der Waals surface area contributed by atoms with E-state index < -0.39 is 12.5 Å². The number of rotatable bonds is 6. The summed E-state index contributed by atoms with van der Waals surface area (Å²) in [6.45, 7) is 1.96. The van der Waals surface area contributed by atoms with E-state index >= 15 is 0 Å². The highest BCUT2D eigenvalue weighted by Gasteiger charge is 2.24. The van der Waals surface area contributed by atoms with Crippen LogP contribution in [0.25, 0.3) is 0 Å². The third kappa shape index (κ3) is 4.52.